The van der Waals surface area contributed by atoms with Gasteiger partial charge in [-0.15, -0.1) is 0 Å². The molecule has 3 heteroatoms. The number of nitrogens with zero attached hydrogens (tertiary/aromatic N) is 1. The van der Waals surface area contributed by atoms with Gasteiger partial charge in [0.15, 0.2) is 0 Å². The summed E-state index contributed by atoms with van der Waals surface area (Å²) in [6.07, 6.45) is 7.14. The van der Waals surface area contributed by atoms with Gasteiger partial charge in [0.2, 0.25) is 0 Å². The van der Waals surface area contributed by atoms with Gasteiger partial charge in [-0.05, 0) is 56.2 Å². The number of benzene rings is 1. The van der Waals surface area contributed by atoms with Crippen molar-refractivity contribution in [2.75, 3.05) is 5.73 Å². The van der Waals surface area contributed by atoms with Gasteiger partial charge in [0.1, 0.15) is 5.75 Å². The Labute approximate surface area is 132 Å². The largest absolute Gasteiger partial charge is 0.490 e. The zero-order valence-electron chi connectivity index (χ0n) is 13.6. The van der Waals surface area contributed by atoms with E-state index in [0.29, 0.717) is 6.10 Å². The molecule has 0 unspecified atom stereocenters. The molecule has 0 bridgehead atoms. The highest BCUT2D eigenvalue weighted by Crippen LogP contribution is 2.34. The Morgan fingerprint density at radius 2 is 2.00 bits per heavy atom. The van der Waals surface area contributed by atoms with Crippen molar-refractivity contribution in [3.05, 3.63) is 30.0 Å². The molecule has 2 aromatic rings. The number of hydrogen-bond donors (Lipinski definition) is 1. The summed E-state index contributed by atoms with van der Waals surface area (Å²) in [5.41, 5.74) is 9.10. The van der Waals surface area contributed by atoms with Gasteiger partial charge in [-0.2, -0.15) is 0 Å². The maximum Gasteiger partial charge on any atom is 0.131 e. The van der Waals surface area contributed by atoms with Crippen LogP contribution < -0.4 is 10.5 Å². The lowest BCUT2D eigenvalue weighted by molar-refractivity contribution is 0.137. The van der Waals surface area contributed by atoms with Crippen LogP contribution in [0.1, 0.15) is 51.6 Å². The van der Waals surface area contributed by atoms with Gasteiger partial charge in [0.25, 0.3) is 0 Å². The van der Waals surface area contributed by atoms with E-state index in [2.05, 4.69) is 13.8 Å². The van der Waals surface area contributed by atoms with E-state index >= 15 is 0 Å². The summed E-state index contributed by atoms with van der Waals surface area (Å²) in [4.78, 5) is 4.73. The van der Waals surface area contributed by atoms with Crippen molar-refractivity contribution in [3.63, 3.8) is 0 Å². The van der Waals surface area contributed by atoms with E-state index in [4.69, 9.17) is 15.5 Å². The Morgan fingerprint density at radius 1 is 1.23 bits per heavy atom. The first kappa shape index (κ1) is 15.1. The Bertz CT molecular complexity index is 645. The van der Waals surface area contributed by atoms with Crippen molar-refractivity contribution in [2.24, 2.45) is 5.92 Å². The molecule has 0 spiro atoms. The van der Waals surface area contributed by atoms with Gasteiger partial charge >= 0.3 is 0 Å². The predicted octanol–water partition coefficient (Wildman–Crippen LogP) is 4.73. The van der Waals surface area contributed by atoms with Gasteiger partial charge in [-0.25, -0.2) is 0 Å². The highest BCUT2D eigenvalue weighted by atomic mass is 16.5. The number of nitrogens with two attached hydrogens (primary N) is 1. The number of aromatic nitrogens is 1. The fourth-order valence-electron chi connectivity index (χ4n) is 3.35. The minimum absolute atomic E-state index is 0.316. The number of nitrogen functional groups attached to an aromatic ring is 1. The first-order valence-electron chi connectivity index (χ1n) is 8.52. The molecule has 1 aliphatic rings. The van der Waals surface area contributed by atoms with Crippen LogP contribution in [0, 0.1) is 5.92 Å². The second-order valence-electron chi connectivity index (χ2n) is 6.60. The number of ether oxygens (including phenoxy) is 1. The second kappa shape index (κ2) is 6.55. The molecule has 1 fully saturated rings. The summed E-state index contributed by atoms with van der Waals surface area (Å²) in [5, 5.41) is 0.973. The van der Waals surface area contributed by atoms with Gasteiger partial charge < -0.3 is 10.5 Å². The van der Waals surface area contributed by atoms with Gasteiger partial charge in [0, 0.05) is 11.4 Å². The molecule has 1 saturated carbocycles. The number of fused-ring (bicyclic) bond motifs is 1. The van der Waals surface area contributed by atoms with E-state index in [1.807, 2.05) is 24.3 Å². The lowest BCUT2D eigenvalue weighted by Crippen LogP contribution is -2.23. The second-order valence-corrected chi connectivity index (χ2v) is 6.60. The van der Waals surface area contributed by atoms with Gasteiger partial charge in [-0.1, -0.05) is 26.3 Å². The molecule has 0 radical (unpaired) electrons. The maximum absolute atomic E-state index is 6.30. The van der Waals surface area contributed by atoms with Gasteiger partial charge in [-0.3, -0.25) is 4.98 Å². The Morgan fingerprint density at radius 3 is 2.73 bits per heavy atom. The molecular formula is C19H26N2O. The third-order valence-electron chi connectivity index (χ3n) is 4.64. The summed E-state index contributed by atoms with van der Waals surface area (Å²) in [7, 11) is 0. The molecule has 3 nitrogen and oxygen atoms in total. The topological polar surface area (TPSA) is 48.1 Å². The molecule has 1 heterocycles. The Hall–Kier alpha value is -1.77. The van der Waals surface area contributed by atoms with Crippen LogP contribution >= 0.6 is 0 Å². The molecule has 1 aromatic carbocycles. The number of hydrogen-bond acceptors (Lipinski definition) is 3. The van der Waals surface area contributed by atoms with Gasteiger partial charge in [0.05, 0.1) is 17.0 Å². The van der Waals surface area contributed by atoms with Crippen molar-refractivity contribution in [3.8, 4) is 5.75 Å². The Balaban J connectivity index is 1.89. The smallest absolute Gasteiger partial charge is 0.131 e. The number of aryl methyl sites for hydroxylation is 1. The summed E-state index contributed by atoms with van der Waals surface area (Å²) in [6.45, 7) is 4.48. The highest BCUT2D eigenvalue weighted by molar-refractivity contribution is 5.95. The third kappa shape index (κ3) is 3.18. The average Bonchev–Trinajstić information content (AvgIpc) is 2.50. The quantitative estimate of drug-likeness (QED) is 0.888. The van der Waals surface area contributed by atoms with Crippen molar-refractivity contribution in [2.45, 2.75) is 58.5 Å². The summed E-state index contributed by atoms with van der Waals surface area (Å²) in [6, 6.07) is 8.07. The summed E-state index contributed by atoms with van der Waals surface area (Å²) >= 11 is 0. The third-order valence-corrected chi connectivity index (χ3v) is 4.64. The normalized spacial score (nSPS) is 21.9. The monoisotopic (exact) mass is 298 g/mol. The zero-order chi connectivity index (χ0) is 15.5. The summed E-state index contributed by atoms with van der Waals surface area (Å²) in [5.74, 6) is 1.72. The van der Waals surface area contributed by atoms with Crippen LogP contribution in [-0.2, 0) is 6.42 Å². The molecule has 1 aromatic heterocycles. The number of rotatable bonds is 4. The van der Waals surface area contributed by atoms with E-state index in [0.717, 1.165) is 59.6 Å². The molecule has 1 aliphatic carbocycles. The van der Waals surface area contributed by atoms with Crippen molar-refractivity contribution < 1.29 is 4.74 Å². The fraction of sp³-hybridized carbons (Fsp3) is 0.526. The zero-order valence-corrected chi connectivity index (χ0v) is 13.6. The van der Waals surface area contributed by atoms with Crippen LogP contribution in [0.2, 0.25) is 0 Å². The van der Waals surface area contributed by atoms with Crippen LogP contribution in [0.15, 0.2) is 24.3 Å². The van der Waals surface area contributed by atoms with E-state index in [1.165, 1.54) is 12.8 Å². The molecule has 2 N–H and O–H groups in total. The standard InChI is InChI=1S/C19H26N2O/c1-3-5-14-12-16(20)19-17(21-14)6-4-7-18(19)22-15-10-8-13(2)9-11-15/h4,6-7,12-13,15H,3,5,8-11H2,1-2H3,(H2,20,21)/t13-,15-. The van der Waals surface area contributed by atoms with Crippen molar-refractivity contribution in [1.82, 2.24) is 4.98 Å². The van der Waals surface area contributed by atoms with E-state index in [-0.39, 0.29) is 0 Å². The first-order valence-corrected chi connectivity index (χ1v) is 8.52. The molecule has 0 saturated heterocycles. The minimum atomic E-state index is 0.316. The van der Waals surface area contributed by atoms with E-state index in [9.17, 15) is 0 Å². The fourth-order valence-corrected chi connectivity index (χ4v) is 3.35. The molecule has 0 atom stereocenters. The SMILES string of the molecule is CCCc1cc(N)c2c(O[C@H]3CC[C@H](C)CC3)cccc2n1. The van der Waals surface area contributed by atoms with Crippen LogP contribution in [0.5, 0.6) is 5.75 Å². The minimum Gasteiger partial charge on any atom is -0.490 e. The van der Waals surface area contributed by atoms with Crippen LogP contribution in [0.25, 0.3) is 10.9 Å². The molecule has 22 heavy (non-hydrogen) atoms. The average molecular weight is 298 g/mol. The maximum atomic E-state index is 6.30. The molecule has 3 rings (SSSR count). The lowest BCUT2D eigenvalue weighted by Gasteiger charge is -2.27. The molecule has 118 valence electrons. The van der Waals surface area contributed by atoms with Crippen LogP contribution in [-0.4, -0.2) is 11.1 Å². The number of pyridine rings is 1. The van der Waals surface area contributed by atoms with Crippen LogP contribution in [0.3, 0.4) is 0 Å². The Kier molecular flexibility index (Phi) is 4.51. The van der Waals surface area contributed by atoms with E-state index in [1.54, 1.807) is 0 Å². The number of anilines is 1. The predicted molar refractivity (Wildman–Crippen MR) is 92.2 cm³/mol. The molecular weight excluding hydrogens is 272 g/mol. The van der Waals surface area contributed by atoms with E-state index < -0.39 is 0 Å². The molecule has 0 amide bonds. The molecule has 0 aliphatic heterocycles. The highest BCUT2D eigenvalue weighted by Gasteiger charge is 2.20. The first-order chi connectivity index (χ1) is 10.7. The summed E-state index contributed by atoms with van der Waals surface area (Å²) < 4.78 is 6.28. The van der Waals surface area contributed by atoms with Crippen molar-refractivity contribution in [1.29, 1.82) is 0 Å². The van der Waals surface area contributed by atoms with Crippen molar-refractivity contribution >= 4 is 16.6 Å². The lowest BCUT2D eigenvalue weighted by atomic mass is 9.89. The van der Waals surface area contributed by atoms with Crippen LogP contribution in [0.4, 0.5) is 5.69 Å².